The molecule has 3 nitrogen and oxygen atoms in total. The molecule has 0 saturated carbocycles. The van der Waals surface area contributed by atoms with Crippen molar-refractivity contribution in [3.05, 3.63) is 34.3 Å². The van der Waals surface area contributed by atoms with Crippen LogP contribution in [0.1, 0.15) is 5.56 Å². The fourth-order valence-electron chi connectivity index (χ4n) is 1.11. The first-order valence-electron chi connectivity index (χ1n) is 3.78. The van der Waals surface area contributed by atoms with Crippen molar-refractivity contribution in [2.75, 3.05) is 0 Å². The highest BCUT2D eigenvalue weighted by Gasteiger charge is 2.10. The molecule has 2 rings (SSSR count). The molecule has 0 atom stereocenters. The van der Waals surface area contributed by atoms with Gasteiger partial charge in [-0.05, 0) is 6.07 Å². The van der Waals surface area contributed by atoms with Crippen molar-refractivity contribution in [1.82, 2.24) is 10.2 Å². The molecule has 0 unspecified atom stereocenters. The van der Waals surface area contributed by atoms with Gasteiger partial charge in [0.15, 0.2) is 0 Å². The maximum absolute atomic E-state index is 8.92. The molecule has 0 aliphatic rings. The Morgan fingerprint density at radius 3 is 2.93 bits per heavy atom. The summed E-state index contributed by atoms with van der Waals surface area (Å²) in [4.78, 5) is 0. The van der Waals surface area contributed by atoms with Gasteiger partial charge in [0.2, 0.25) is 0 Å². The van der Waals surface area contributed by atoms with Gasteiger partial charge in [0, 0.05) is 5.56 Å². The molecule has 0 N–H and O–H groups in total. The monoisotopic (exact) mass is 221 g/mol. The van der Waals surface area contributed by atoms with Gasteiger partial charge in [0.25, 0.3) is 0 Å². The van der Waals surface area contributed by atoms with Crippen LogP contribution < -0.4 is 0 Å². The van der Waals surface area contributed by atoms with Gasteiger partial charge in [-0.3, -0.25) is 0 Å². The highest BCUT2D eigenvalue weighted by atomic mass is 35.5. The van der Waals surface area contributed by atoms with Crippen molar-refractivity contribution in [3.8, 4) is 16.6 Å². The Kier molecular flexibility index (Phi) is 2.44. The Morgan fingerprint density at radius 2 is 2.29 bits per heavy atom. The van der Waals surface area contributed by atoms with Gasteiger partial charge in [0.1, 0.15) is 16.6 Å². The van der Waals surface area contributed by atoms with E-state index in [4.69, 9.17) is 16.9 Å². The average Bonchev–Trinajstić information content (AvgIpc) is 2.70. The summed E-state index contributed by atoms with van der Waals surface area (Å²) >= 11 is 7.26. The molecule has 1 heterocycles. The number of halogens is 1. The van der Waals surface area contributed by atoms with Gasteiger partial charge in [-0.2, -0.15) is 5.26 Å². The van der Waals surface area contributed by atoms with E-state index >= 15 is 0 Å². The van der Waals surface area contributed by atoms with Crippen molar-refractivity contribution >= 4 is 22.9 Å². The summed E-state index contributed by atoms with van der Waals surface area (Å²) in [7, 11) is 0. The molecule has 0 fully saturated rings. The van der Waals surface area contributed by atoms with Gasteiger partial charge >= 0.3 is 0 Å². The smallest absolute Gasteiger partial charge is 0.148 e. The van der Waals surface area contributed by atoms with E-state index in [1.54, 1.807) is 17.6 Å². The fraction of sp³-hybridized carbons (Fsp3) is 0. The molecule has 0 aliphatic heterocycles. The van der Waals surface area contributed by atoms with Crippen LogP contribution in [0.5, 0.6) is 0 Å². The number of benzene rings is 1. The third kappa shape index (κ3) is 1.48. The first kappa shape index (κ1) is 9.13. The van der Waals surface area contributed by atoms with Gasteiger partial charge in [0.05, 0.1) is 10.6 Å². The van der Waals surface area contributed by atoms with Crippen LogP contribution in [-0.4, -0.2) is 10.2 Å². The number of nitriles is 1. The molecule has 0 bridgehead atoms. The number of aromatic nitrogens is 2. The van der Waals surface area contributed by atoms with E-state index in [9.17, 15) is 0 Å². The van der Waals surface area contributed by atoms with Crippen LogP contribution >= 0.6 is 22.9 Å². The predicted octanol–water partition coefficient (Wildman–Crippen LogP) is 2.73. The molecule has 1 aromatic carbocycles. The Hall–Kier alpha value is -1.44. The second-order valence-corrected chi connectivity index (χ2v) is 3.76. The van der Waals surface area contributed by atoms with E-state index in [-0.39, 0.29) is 0 Å². The maximum Gasteiger partial charge on any atom is 0.148 e. The fourth-order valence-corrected chi connectivity index (χ4v) is 1.91. The van der Waals surface area contributed by atoms with Crippen molar-refractivity contribution in [2.45, 2.75) is 0 Å². The van der Waals surface area contributed by atoms with Gasteiger partial charge < -0.3 is 0 Å². The second kappa shape index (κ2) is 3.74. The largest absolute Gasteiger partial charge is 0.192 e. The standard InChI is InChI=1S/C9H4ClN3S/c10-8-3-1-2-6(7(8)4-11)9-13-12-5-14-9/h1-3,5H. The average molecular weight is 222 g/mol. The second-order valence-electron chi connectivity index (χ2n) is 2.52. The quantitative estimate of drug-likeness (QED) is 0.744. The van der Waals surface area contributed by atoms with Crippen LogP contribution in [0.15, 0.2) is 23.7 Å². The van der Waals surface area contributed by atoms with Crippen LogP contribution in [0.3, 0.4) is 0 Å². The molecule has 14 heavy (non-hydrogen) atoms. The number of hydrogen-bond donors (Lipinski definition) is 0. The summed E-state index contributed by atoms with van der Waals surface area (Å²) in [5, 5.41) is 17.7. The normalized spacial score (nSPS) is 9.71. The van der Waals surface area contributed by atoms with Crippen LogP contribution in [-0.2, 0) is 0 Å². The third-order valence-corrected chi connectivity index (χ3v) is 2.76. The number of rotatable bonds is 1. The zero-order valence-electron chi connectivity index (χ0n) is 6.94. The van der Waals surface area contributed by atoms with Gasteiger partial charge in [-0.25, -0.2) is 0 Å². The Morgan fingerprint density at radius 1 is 1.43 bits per heavy atom. The molecule has 2 aromatic rings. The van der Waals surface area contributed by atoms with E-state index < -0.39 is 0 Å². The molecule has 0 spiro atoms. The highest BCUT2D eigenvalue weighted by molar-refractivity contribution is 7.12. The first-order valence-corrected chi connectivity index (χ1v) is 5.04. The molecule has 68 valence electrons. The van der Waals surface area contributed by atoms with Crippen LogP contribution in [0.4, 0.5) is 0 Å². The minimum Gasteiger partial charge on any atom is -0.192 e. The van der Waals surface area contributed by atoms with Gasteiger partial charge in [-0.1, -0.05) is 35.1 Å². The summed E-state index contributed by atoms with van der Waals surface area (Å²) in [6.45, 7) is 0. The van der Waals surface area contributed by atoms with Crippen molar-refractivity contribution in [3.63, 3.8) is 0 Å². The lowest BCUT2D eigenvalue weighted by Crippen LogP contribution is -1.84. The molecule has 0 saturated heterocycles. The van der Waals surface area contributed by atoms with Crippen molar-refractivity contribution in [1.29, 1.82) is 5.26 Å². The number of hydrogen-bond acceptors (Lipinski definition) is 4. The summed E-state index contributed by atoms with van der Waals surface area (Å²) in [6.07, 6.45) is 0. The Balaban J connectivity index is 2.66. The Labute approximate surface area is 89.6 Å². The molecular weight excluding hydrogens is 218 g/mol. The molecule has 0 radical (unpaired) electrons. The summed E-state index contributed by atoms with van der Waals surface area (Å²) in [5.41, 5.74) is 2.81. The predicted molar refractivity (Wildman–Crippen MR) is 55.1 cm³/mol. The molecule has 0 amide bonds. The van der Waals surface area contributed by atoms with Crippen LogP contribution in [0.2, 0.25) is 5.02 Å². The Bertz CT molecular complexity index is 487. The minimum atomic E-state index is 0.445. The lowest BCUT2D eigenvalue weighted by Gasteiger charge is -1.99. The van der Waals surface area contributed by atoms with E-state index in [1.807, 2.05) is 6.07 Å². The topological polar surface area (TPSA) is 49.6 Å². The lowest BCUT2D eigenvalue weighted by atomic mass is 10.1. The zero-order valence-corrected chi connectivity index (χ0v) is 8.51. The first-order chi connectivity index (χ1) is 6.83. The van der Waals surface area contributed by atoms with Crippen molar-refractivity contribution < 1.29 is 0 Å². The van der Waals surface area contributed by atoms with Crippen LogP contribution in [0.25, 0.3) is 10.6 Å². The molecule has 0 aliphatic carbocycles. The summed E-state index contributed by atoms with van der Waals surface area (Å²) in [6, 6.07) is 7.35. The maximum atomic E-state index is 8.92. The van der Waals surface area contributed by atoms with Crippen molar-refractivity contribution in [2.24, 2.45) is 0 Å². The lowest BCUT2D eigenvalue weighted by molar-refractivity contribution is 1.09. The number of nitrogens with zero attached hydrogens (tertiary/aromatic N) is 3. The zero-order chi connectivity index (χ0) is 9.97. The van der Waals surface area contributed by atoms with E-state index in [0.717, 1.165) is 5.56 Å². The van der Waals surface area contributed by atoms with E-state index in [0.29, 0.717) is 15.6 Å². The van der Waals surface area contributed by atoms with Gasteiger partial charge in [-0.15, -0.1) is 10.2 Å². The molecule has 5 heteroatoms. The minimum absolute atomic E-state index is 0.445. The third-order valence-electron chi connectivity index (χ3n) is 1.72. The summed E-state index contributed by atoms with van der Waals surface area (Å²) < 4.78 is 0. The van der Waals surface area contributed by atoms with Crippen LogP contribution in [0, 0.1) is 11.3 Å². The highest BCUT2D eigenvalue weighted by Crippen LogP contribution is 2.28. The SMILES string of the molecule is N#Cc1c(Cl)cccc1-c1nncs1. The molecular formula is C9H4ClN3S. The summed E-state index contributed by atoms with van der Waals surface area (Å²) in [5.74, 6) is 0. The van der Waals surface area contributed by atoms with E-state index in [2.05, 4.69) is 16.3 Å². The van der Waals surface area contributed by atoms with E-state index in [1.165, 1.54) is 11.3 Å². The molecule has 1 aromatic heterocycles.